The molecule has 1 aromatic rings. The van der Waals surface area contributed by atoms with Gasteiger partial charge in [-0.1, -0.05) is 23.9 Å². The zero-order valence-corrected chi connectivity index (χ0v) is 12.4. The Morgan fingerprint density at radius 3 is 2.68 bits per heavy atom. The Labute approximate surface area is 129 Å². The van der Waals surface area contributed by atoms with Crippen molar-refractivity contribution in [2.24, 2.45) is 0 Å². The number of likely N-dealkylation sites (tertiary alicyclic amines) is 1. The van der Waals surface area contributed by atoms with Crippen LogP contribution in [-0.4, -0.2) is 38.8 Å². The lowest BCUT2D eigenvalue weighted by Crippen LogP contribution is -2.36. The van der Waals surface area contributed by atoms with Crippen LogP contribution in [0, 0.1) is 11.6 Å². The maximum absolute atomic E-state index is 13.9. The largest absolute Gasteiger partial charge is 0.479 e. The Kier molecular flexibility index (Phi) is 4.80. The SMILES string of the molecule is CC(=O)SC1CC(=O)N(C(C(=O)O)c2cccc(F)c2F)C1. The topological polar surface area (TPSA) is 74.7 Å². The normalized spacial score (nSPS) is 19.3. The van der Waals surface area contributed by atoms with E-state index in [-0.39, 0.29) is 23.3 Å². The van der Waals surface area contributed by atoms with Gasteiger partial charge in [-0.15, -0.1) is 0 Å². The molecule has 2 rings (SSSR count). The molecule has 0 aromatic heterocycles. The van der Waals surface area contributed by atoms with Gasteiger partial charge in [-0.2, -0.15) is 0 Å². The Hall–Kier alpha value is -1.96. The molecule has 1 amide bonds. The van der Waals surface area contributed by atoms with E-state index in [0.717, 1.165) is 28.8 Å². The van der Waals surface area contributed by atoms with Gasteiger partial charge in [0.05, 0.1) is 0 Å². The highest BCUT2D eigenvalue weighted by Crippen LogP contribution is 2.33. The molecule has 22 heavy (non-hydrogen) atoms. The Morgan fingerprint density at radius 1 is 1.41 bits per heavy atom. The van der Waals surface area contributed by atoms with E-state index >= 15 is 0 Å². The molecular formula is C14H13F2NO4S. The first-order chi connectivity index (χ1) is 10.3. The first-order valence-corrected chi connectivity index (χ1v) is 7.32. The van der Waals surface area contributed by atoms with E-state index in [0.29, 0.717) is 0 Å². The summed E-state index contributed by atoms with van der Waals surface area (Å²) < 4.78 is 27.2. The van der Waals surface area contributed by atoms with Gasteiger partial charge < -0.3 is 10.0 Å². The zero-order valence-electron chi connectivity index (χ0n) is 11.6. The maximum atomic E-state index is 13.9. The number of carbonyl (C=O) groups is 3. The standard InChI is InChI=1S/C14H13F2NO4S/c1-7(18)22-8-5-11(19)17(6-8)13(14(20)21)9-3-2-4-10(15)12(9)16/h2-4,8,13H,5-6H2,1H3,(H,20,21). The third-order valence-electron chi connectivity index (χ3n) is 3.28. The minimum absolute atomic E-state index is 0.00397. The number of hydrogen-bond acceptors (Lipinski definition) is 4. The van der Waals surface area contributed by atoms with Crippen LogP contribution in [0.3, 0.4) is 0 Å². The highest BCUT2D eigenvalue weighted by Gasteiger charge is 2.40. The molecule has 5 nitrogen and oxygen atoms in total. The van der Waals surface area contributed by atoms with Crippen molar-refractivity contribution in [1.29, 1.82) is 0 Å². The molecule has 2 unspecified atom stereocenters. The number of thioether (sulfide) groups is 1. The van der Waals surface area contributed by atoms with Crippen LogP contribution in [0.25, 0.3) is 0 Å². The number of rotatable bonds is 4. The number of carboxylic acids is 1. The summed E-state index contributed by atoms with van der Waals surface area (Å²) in [6.07, 6.45) is -0.00897. The summed E-state index contributed by atoms with van der Waals surface area (Å²) in [5, 5.41) is 8.75. The second-order valence-electron chi connectivity index (χ2n) is 4.87. The van der Waals surface area contributed by atoms with Crippen molar-refractivity contribution in [3.05, 3.63) is 35.4 Å². The molecule has 0 aliphatic carbocycles. The van der Waals surface area contributed by atoms with Crippen LogP contribution in [0.15, 0.2) is 18.2 Å². The molecule has 1 fully saturated rings. The van der Waals surface area contributed by atoms with E-state index in [1.807, 2.05) is 0 Å². The number of carboxylic acid groups (broad SMARTS) is 1. The average molecular weight is 329 g/mol. The van der Waals surface area contributed by atoms with Gasteiger partial charge in [0, 0.05) is 30.7 Å². The van der Waals surface area contributed by atoms with Crippen LogP contribution >= 0.6 is 11.8 Å². The van der Waals surface area contributed by atoms with Crippen molar-refractivity contribution in [3.63, 3.8) is 0 Å². The minimum atomic E-state index is -1.61. The van der Waals surface area contributed by atoms with Crippen LogP contribution in [0.2, 0.25) is 0 Å². The number of amides is 1. The second-order valence-corrected chi connectivity index (χ2v) is 6.34. The van der Waals surface area contributed by atoms with Crippen molar-refractivity contribution in [1.82, 2.24) is 4.90 Å². The molecule has 1 N–H and O–H groups in total. The Morgan fingerprint density at radius 2 is 2.09 bits per heavy atom. The highest BCUT2D eigenvalue weighted by atomic mass is 32.2. The lowest BCUT2D eigenvalue weighted by Gasteiger charge is -2.25. The number of aliphatic carboxylic acids is 1. The fourth-order valence-electron chi connectivity index (χ4n) is 2.43. The van der Waals surface area contributed by atoms with E-state index in [9.17, 15) is 28.3 Å². The molecule has 1 aromatic carbocycles. The summed E-state index contributed by atoms with van der Waals surface area (Å²) in [7, 11) is 0. The van der Waals surface area contributed by atoms with Gasteiger partial charge in [-0.3, -0.25) is 9.59 Å². The first-order valence-electron chi connectivity index (χ1n) is 6.44. The quantitative estimate of drug-likeness (QED) is 0.914. The smallest absolute Gasteiger partial charge is 0.331 e. The van der Waals surface area contributed by atoms with Crippen LogP contribution in [-0.2, 0) is 14.4 Å². The molecule has 1 saturated heterocycles. The summed E-state index contributed by atoms with van der Waals surface area (Å²) in [5.74, 6) is -4.42. The number of nitrogens with zero attached hydrogens (tertiary/aromatic N) is 1. The number of benzene rings is 1. The van der Waals surface area contributed by atoms with Crippen LogP contribution in [0.4, 0.5) is 8.78 Å². The van der Waals surface area contributed by atoms with Gasteiger partial charge in [0.2, 0.25) is 5.91 Å². The van der Waals surface area contributed by atoms with E-state index in [2.05, 4.69) is 0 Å². The summed E-state index contributed by atoms with van der Waals surface area (Å²) >= 11 is 0.939. The van der Waals surface area contributed by atoms with Crippen molar-refractivity contribution < 1.29 is 28.3 Å². The molecule has 0 saturated carbocycles. The molecule has 0 spiro atoms. The van der Waals surface area contributed by atoms with Gasteiger partial charge in [0.25, 0.3) is 0 Å². The van der Waals surface area contributed by atoms with Crippen LogP contribution in [0.5, 0.6) is 0 Å². The molecule has 1 aliphatic rings. The van der Waals surface area contributed by atoms with Crippen molar-refractivity contribution in [2.75, 3.05) is 6.54 Å². The summed E-state index contributed by atoms with van der Waals surface area (Å²) in [4.78, 5) is 35.5. The van der Waals surface area contributed by atoms with Crippen molar-refractivity contribution in [2.45, 2.75) is 24.6 Å². The van der Waals surface area contributed by atoms with Gasteiger partial charge in [0.15, 0.2) is 22.8 Å². The summed E-state index contributed by atoms with van der Waals surface area (Å²) in [5.41, 5.74) is -0.408. The molecule has 0 bridgehead atoms. The van der Waals surface area contributed by atoms with E-state index in [1.54, 1.807) is 0 Å². The Bertz CT molecular complexity index is 637. The van der Waals surface area contributed by atoms with Crippen molar-refractivity contribution in [3.8, 4) is 0 Å². The van der Waals surface area contributed by atoms with E-state index in [1.165, 1.54) is 13.0 Å². The summed E-state index contributed by atoms with van der Waals surface area (Å²) in [6.45, 7) is 1.34. The average Bonchev–Trinajstić information content (AvgIpc) is 2.74. The molecule has 0 radical (unpaired) electrons. The van der Waals surface area contributed by atoms with Crippen LogP contribution in [0.1, 0.15) is 24.9 Å². The third-order valence-corrected chi connectivity index (χ3v) is 4.26. The zero-order chi connectivity index (χ0) is 16.4. The molecular weight excluding hydrogens is 316 g/mol. The highest BCUT2D eigenvalue weighted by molar-refractivity contribution is 8.14. The van der Waals surface area contributed by atoms with Crippen LogP contribution < -0.4 is 0 Å². The van der Waals surface area contributed by atoms with Gasteiger partial charge in [-0.05, 0) is 6.07 Å². The van der Waals surface area contributed by atoms with Gasteiger partial charge >= 0.3 is 5.97 Å². The number of hydrogen-bond donors (Lipinski definition) is 1. The summed E-state index contributed by atoms with van der Waals surface area (Å²) in [6, 6.07) is 1.58. The predicted molar refractivity (Wildman–Crippen MR) is 75.1 cm³/mol. The molecule has 1 heterocycles. The minimum Gasteiger partial charge on any atom is -0.479 e. The van der Waals surface area contributed by atoms with Gasteiger partial charge in [0.1, 0.15) is 0 Å². The van der Waals surface area contributed by atoms with Gasteiger partial charge in [-0.25, -0.2) is 13.6 Å². The lowest BCUT2D eigenvalue weighted by molar-refractivity contribution is -0.148. The number of halogens is 2. The molecule has 1 aliphatic heterocycles. The van der Waals surface area contributed by atoms with E-state index in [4.69, 9.17) is 0 Å². The molecule has 8 heteroatoms. The Balaban J connectivity index is 2.33. The van der Waals surface area contributed by atoms with E-state index < -0.39 is 35.1 Å². The monoisotopic (exact) mass is 329 g/mol. The lowest BCUT2D eigenvalue weighted by atomic mass is 10.0. The molecule has 2 atom stereocenters. The fraction of sp³-hybridized carbons (Fsp3) is 0.357. The number of carbonyl (C=O) groups excluding carboxylic acids is 2. The van der Waals surface area contributed by atoms with Crippen molar-refractivity contribution >= 4 is 28.8 Å². The third kappa shape index (κ3) is 3.27. The molecule has 118 valence electrons. The maximum Gasteiger partial charge on any atom is 0.331 e. The predicted octanol–water partition coefficient (Wildman–Crippen LogP) is 1.97. The first kappa shape index (κ1) is 16.4. The second kappa shape index (κ2) is 6.43. The fourth-order valence-corrected chi connectivity index (χ4v) is 3.36.